The van der Waals surface area contributed by atoms with Gasteiger partial charge in [0.1, 0.15) is 6.61 Å². The third-order valence-electron chi connectivity index (χ3n) is 3.33. The Balaban J connectivity index is 2.33. The summed E-state index contributed by atoms with van der Waals surface area (Å²) in [5, 5.41) is 0. The molecule has 0 aromatic rings. The SMILES string of the molecule is COCCOCC(=O)N1CCN(C)C(C)(C)C1. The summed E-state index contributed by atoms with van der Waals surface area (Å²) in [6.07, 6.45) is 0. The van der Waals surface area contributed by atoms with Crippen molar-refractivity contribution in [2.24, 2.45) is 0 Å². The van der Waals surface area contributed by atoms with Crippen LogP contribution in [0.15, 0.2) is 0 Å². The van der Waals surface area contributed by atoms with Gasteiger partial charge in [0.2, 0.25) is 5.91 Å². The molecular formula is C12H24N2O3. The second kappa shape index (κ2) is 6.33. The van der Waals surface area contributed by atoms with Crippen LogP contribution in [0.25, 0.3) is 0 Å². The van der Waals surface area contributed by atoms with Crippen LogP contribution >= 0.6 is 0 Å². The van der Waals surface area contributed by atoms with Gasteiger partial charge in [0, 0.05) is 32.3 Å². The van der Waals surface area contributed by atoms with Gasteiger partial charge in [-0.15, -0.1) is 0 Å². The van der Waals surface area contributed by atoms with Gasteiger partial charge in [-0.3, -0.25) is 9.69 Å². The summed E-state index contributed by atoms with van der Waals surface area (Å²) in [5.74, 6) is 0.0716. The van der Waals surface area contributed by atoms with Gasteiger partial charge in [-0.1, -0.05) is 0 Å². The molecule has 0 unspecified atom stereocenters. The number of carbonyl (C=O) groups excluding carboxylic acids is 1. The molecule has 1 heterocycles. The van der Waals surface area contributed by atoms with Gasteiger partial charge >= 0.3 is 0 Å². The highest BCUT2D eigenvalue weighted by molar-refractivity contribution is 5.77. The van der Waals surface area contributed by atoms with Gasteiger partial charge in [0.05, 0.1) is 13.2 Å². The van der Waals surface area contributed by atoms with E-state index in [0.717, 1.165) is 19.6 Å². The Bertz CT molecular complexity index is 256. The molecule has 1 fully saturated rings. The Morgan fingerprint density at radius 1 is 1.29 bits per heavy atom. The lowest BCUT2D eigenvalue weighted by Crippen LogP contribution is -2.59. The van der Waals surface area contributed by atoms with Crippen LogP contribution in [0, 0.1) is 0 Å². The Morgan fingerprint density at radius 2 is 2.00 bits per heavy atom. The number of likely N-dealkylation sites (N-methyl/N-ethyl adjacent to an activating group) is 1. The van der Waals surface area contributed by atoms with Crippen molar-refractivity contribution in [2.45, 2.75) is 19.4 Å². The average molecular weight is 244 g/mol. The van der Waals surface area contributed by atoms with E-state index < -0.39 is 0 Å². The first-order valence-electron chi connectivity index (χ1n) is 6.03. The molecule has 0 bridgehead atoms. The van der Waals surface area contributed by atoms with Crippen LogP contribution in [0.1, 0.15) is 13.8 Å². The largest absolute Gasteiger partial charge is 0.382 e. The quantitative estimate of drug-likeness (QED) is 0.648. The lowest BCUT2D eigenvalue weighted by Gasteiger charge is -2.45. The highest BCUT2D eigenvalue weighted by Crippen LogP contribution is 2.18. The minimum Gasteiger partial charge on any atom is -0.382 e. The number of ether oxygens (including phenoxy) is 2. The van der Waals surface area contributed by atoms with Crippen molar-refractivity contribution in [2.75, 3.05) is 53.6 Å². The van der Waals surface area contributed by atoms with E-state index in [-0.39, 0.29) is 18.1 Å². The minimum absolute atomic E-state index is 0.0421. The van der Waals surface area contributed by atoms with Crippen molar-refractivity contribution in [3.05, 3.63) is 0 Å². The van der Waals surface area contributed by atoms with Crippen LogP contribution < -0.4 is 0 Å². The van der Waals surface area contributed by atoms with Gasteiger partial charge in [-0.2, -0.15) is 0 Å². The van der Waals surface area contributed by atoms with E-state index in [0.29, 0.717) is 13.2 Å². The summed E-state index contributed by atoms with van der Waals surface area (Å²) >= 11 is 0. The first kappa shape index (κ1) is 14.4. The molecule has 17 heavy (non-hydrogen) atoms. The van der Waals surface area contributed by atoms with Gasteiger partial charge in [0.25, 0.3) is 0 Å². The van der Waals surface area contributed by atoms with E-state index in [1.165, 1.54) is 0 Å². The maximum Gasteiger partial charge on any atom is 0.248 e. The number of nitrogens with zero attached hydrogens (tertiary/aromatic N) is 2. The van der Waals surface area contributed by atoms with Crippen molar-refractivity contribution in [3.8, 4) is 0 Å². The molecule has 0 aromatic heterocycles. The topological polar surface area (TPSA) is 42.0 Å². The first-order valence-corrected chi connectivity index (χ1v) is 6.03. The Hall–Kier alpha value is -0.650. The number of amides is 1. The lowest BCUT2D eigenvalue weighted by molar-refractivity contribution is -0.141. The molecule has 0 saturated carbocycles. The van der Waals surface area contributed by atoms with Crippen LogP contribution in [0.3, 0.4) is 0 Å². The highest BCUT2D eigenvalue weighted by atomic mass is 16.5. The second-order valence-electron chi connectivity index (χ2n) is 5.09. The van der Waals surface area contributed by atoms with Crippen LogP contribution in [-0.2, 0) is 14.3 Å². The monoisotopic (exact) mass is 244 g/mol. The average Bonchev–Trinajstić information content (AvgIpc) is 2.28. The Kier molecular flexibility index (Phi) is 5.36. The standard InChI is InChI=1S/C12H24N2O3/c1-12(2)10-14(6-5-13(12)3)11(15)9-17-8-7-16-4/h5-10H2,1-4H3. The summed E-state index contributed by atoms with van der Waals surface area (Å²) in [5.41, 5.74) is 0.0421. The fraction of sp³-hybridized carbons (Fsp3) is 0.917. The zero-order chi connectivity index (χ0) is 12.9. The minimum atomic E-state index is 0.0421. The molecule has 1 saturated heterocycles. The van der Waals surface area contributed by atoms with Crippen molar-refractivity contribution in [3.63, 3.8) is 0 Å². The molecule has 0 radical (unpaired) electrons. The number of hydrogen-bond donors (Lipinski definition) is 0. The molecule has 5 heteroatoms. The maximum atomic E-state index is 11.9. The third kappa shape index (κ3) is 4.26. The summed E-state index contributed by atoms with van der Waals surface area (Å²) in [6.45, 7) is 7.92. The number of methoxy groups -OCH3 is 1. The van der Waals surface area contributed by atoms with Gasteiger partial charge in [-0.05, 0) is 20.9 Å². The molecule has 0 spiro atoms. The molecular weight excluding hydrogens is 220 g/mol. The van der Waals surface area contributed by atoms with E-state index in [4.69, 9.17) is 9.47 Å². The number of rotatable bonds is 5. The Labute approximate surface area is 104 Å². The molecule has 1 aliphatic heterocycles. The van der Waals surface area contributed by atoms with E-state index in [1.54, 1.807) is 7.11 Å². The van der Waals surface area contributed by atoms with Crippen molar-refractivity contribution in [1.82, 2.24) is 9.80 Å². The van der Waals surface area contributed by atoms with Crippen LogP contribution in [0.2, 0.25) is 0 Å². The smallest absolute Gasteiger partial charge is 0.248 e. The highest BCUT2D eigenvalue weighted by Gasteiger charge is 2.32. The lowest BCUT2D eigenvalue weighted by atomic mass is 10.00. The predicted octanol–water partition coefficient (Wildman–Crippen LogP) is 0.202. The molecule has 1 aliphatic rings. The molecule has 0 N–H and O–H groups in total. The van der Waals surface area contributed by atoms with Crippen molar-refractivity contribution in [1.29, 1.82) is 0 Å². The number of hydrogen-bond acceptors (Lipinski definition) is 4. The normalized spacial score (nSPS) is 20.6. The number of carbonyl (C=O) groups is 1. The number of piperazine rings is 1. The second-order valence-corrected chi connectivity index (χ2v) is 5.09. The van der Waals surface area contributed by atoms with Crippen molar-refractivity contribution >= 4 is 5.91 Å². The first-order chi connectivity index (χ1) is 7.97. The Morgan fingerprint density at radius 3 is 2.59 bits per heavy atom. The third-order valence-corrected chi connectivity index (χ3v) is 3.33. The van der Waals surface area contributed by atoms with Crippen LogP contribution in [0.5, 0.6) is 0 Å². The molecule has 5 nitrogen and oxygen atoms in total. The summed E-state index contributed by atoms with van der Waals surface area (Å²) in [7, 11) is 3.71. The van der Waals surface area contributed by atoms with E-state index >= 15 is 0 Å². The van der Waals surface area contributed by atoms with E-state index in [9.17, 15) is 4.79 Å². The van der Waals surface area contributed by atoms with Gasteiger partial charge < -0.3 is 14.4 Å². The van der Waals surface area contributed by atoms with Crippen LogP contribution in [-0.4, -0.2) is 74.9 Å². The molecule has 0 aliphatic carbocycles. The van der Waals surface area contributed by atoms with Gasteiger partial charge in [0.15, 0.2) is 0 Å². The summed E-state index contributed by atoms with van der Waals surface area (Å²) in [4.78, 5) is 16.1. The summed E-state index contributed by atoms with van der Waals surface area (Å²) in [6, 6.07) is 0. The van der Waals surface area contributed by atoms with Crippen LogP contribution in [0.4, 0.5) is 0 Å². The van der Waals surface area contributed by atoms with Gasteiger partial charge in [-0.25, -0.2) is 0 Å². The zero-order valence-corrected chi connectivity index (χ0v) is 11.4. The predicted molar refractivity (Wildman–Crippen MR) is 66.0 cm³/mol. The van der Waals surface area contributed by atoms with Crippen molar-refractivity contribution < 1.29 is 14.3 Å². The van der Waals surface area contributed by atoms with E-state index in [1.807, 2.05) is 4.90 Å². The van der Waals surface area contributed by atoms with E-state index in [2.05, 4.69) is 25.8 Å². The molecule has 100 valence electrons. The maximum absolute atomic E-state index is 11.9. The molecule has 0 atom stereocenters. The fourth-order valence-corrected chi connectivity index (χ4v) is 1.85. The molecule has 1 rings (SSSR count). The molecule has 1 amide bonds. The summed E-state index contributed by atoms with van der Waals surface area (Å²) < 4.78 is 10.1. The fourth-order valence-electron chi connectivity index (χ4n) is 1.85. The molecule has 0 aromatic carbocycles. The zero-order valence-electron chi connectivity index (χ0n) is 11.4.